The maximum atomic E-state index is 11.4. The number of aromatic amines is 1. The average Bonchev–Trinajstić information content (AvgIpc) is 2.65. The van der Waals surface area contributed by atoms with Crippen LogP contribution in [0.15, 0.2) is 6.20 Å². The number of hydrogen-bond acceptors (Lipinski definition) is 3. The number of H-pyrrole nitrogens is 1. The monoisotopic (exact) mass is 211 g/mol. The van der Waals surface area contributed by atoms with Gasteiger partial charge in [0.15, 0.2) is 0 Å². The normalized spacial score (nSPS) is 10.3. The highest BCUT2D eigenvalue weighted by atomic mass is 16.2. The van der Waals surface area contributed by atoms with Gasteiger partial charge in [-0.25, -0.2) is 0 Å². The van der Waals surface area contributed by atoms with Gasteiger partial charge in [0, 0.05) is 18.6 Å². The van der Waals surface area contributed by atoms with Gasteiger partial charge in [-0.2, -0.15) is 5.10 Å². The minimum absolute atomic E-state index is 0.0394. The van der Waals surface area contributed by atoms with Crippen molar-refractivity contribution in [3.05, 3.63) is 11.8 Å². The molecule has 1 heterocycles. The molecule has 0 radical (unpaired) electrons. The van der Waals surface area contributed by atoms with Gasteiger partial charge in [-0.05, 0) is 19.3 Å². The van der Waals surface area contributed by atoms with E-state index >= 15 is 0 Å². The van der Waals surface area contributed by atoms with Crippen molar-refractivity contribution in [3.8, 4) is 0 Å². The average molecular weight is 211 g/mol. The number of aromatic nitrogens is 2. The number of hydrogen-bond donors (Lipinski definition) is 3. The standard InChI is InChI=1S/C10H17N3O2/c1-2-8-7-11-13-10(8)12-9(15)5-3-4-6-14/h7,14H,2-6H2,1H3,(H2,11,12,13,15). The molecule has 0 fully saturated rings. The van der Waals surface area contributed by atoms with Crippen molar-refractivity contribution in [2.45, 2.75) is 32.6 Å². The summed E-state index contributed by atoms with van der Waals surface area (Å²) in [6, 6.07) is 0. The lowest BCUT2D eigenvalue weighted by Gasteiger charge is -2.03. The number of aliphatic hydroxyl groups excluding tert-OH is 1. The first-order chi connectivity index (χ1) is 7.27. The second-order valence-corrected chi connectivity index (χ2v) is 3.35. The van der Waals surface area contributed by atoms with Crippen LogP contribution in [0.2, 0.25) is 0 Å². The van der Waals surface area contributed by atoms with Crippen molar-refractivity contribution in [2.75, 3.05) is 11.9 Å². The molecule has 0 atom stereocenters. The van der Waals surface area contributed by atoms with Gasteiger partial charge in [0.05, 0.1) is 6.20 Å². The first kappa shape index (κ1) is 11.7. The molecule has 1 rings (SSSR count). The quantitative estimate of drug-likeness (QED) is 0.616. The fourth-order valence-electron chi connectivity index (χ4n) is 1.29. The van der Waals surface area contributed by atoms with Crippen molar-refractivity contribution in [2.24, 2.45) is 0 Å². The van der Waals surface area contributed by atoms with Crippen molar-refractivity contribution in [3.63, 3.8) is 0 Å². The number of carbonyl (C=O) groups is 1. The van der Waals surface area contributed by atoms with Crippen molar-refractivity contribution >= 4 is 11.7 Å². The van der Waals surface area contributed by atoms with Crippen LogP contribution in [0.4, 0.5) is 5.82 Å². The van der Waals surface area contributed by atoms with Crippen LogP contribution < -0.4 is 5.32 Å². The van der Waals surface area contributed by atoms with Gasteiger partial charge in [0.2, 0.25) is 5.91 Å². The molecule has 0 saturated carbocycles. The van der Waals surface area contributed by atoms with Gasteiger partial charge in [-0.1, -0.05) is 6.92 Å². The van der Waals surface area contributed by atoms with Crippen molar-refractivity contribution < 1.29 is 9.90 Å². The van der Waals surface area contributed by atoms with Crippen LogP contribution in [-0.2, 0) is 11.2 Å². The summed E-state index contributed by atoms with van der Waals surface area (Å²) in [6.45, 7) is 2.14. The molecule has 1 amide bonds. The third kappa shape index (κ3) is 3.71. The predicted octanol–water partition coefficient (Wildman–Crippen LogP) is 1.07. The maximum Gasteiger partial charge on any atom is 0.225 e. The zero-order valence-electron chi connectivity index (χ0n) is 8.92. The van der Waals surface area contributed by atoms with E-state index in [1.807, 2.05) is 6.92 Å². The Morgan fingerprint density at radius 2 is 2.40 bits per heavy atom. The second-order valence-electron chi connectivity index (χ2n) is 3.35. The van der Waals surface area contributed by atoms with Crippen molar-refractivity contribution in [1.29, 1.82) is 0 Å². The van der Waals surface area contributed by atoms with Gasteiger partial charge >= 0.3 is 0 Å². The molecule has 0 aliphatic rings. The van der Waals surface area contributed by atoms with E-state index in [9.17, 15) is 4.79 Å². The number of nitrogens with one attached hydrogen (secondary N) is 2. The molecule has 0 aliphatic carbocycles. The van der Waals surface area contributed by atoms with Crippen LogP contribution in [0.5, 0.6) is 0 Å². The molecule has 5 heteroatoms. The number of aliphatic hydroxyl groups is 1. The number of carbonyl (C=O) groups excluding carboxylic acids is 1. The van der Waals surface area contributed by atoms with Crippen LogP contribution in [0.25, 0.3) is 0 Å². The summed E-state index contributed by atoms with van der Waals surface area (Å²) >= 11 is 0. The van der Waals surface area contributed by atoms with Crippen LogP contribution in [0, 0.1) is 0 Å². The van der Waals surface area contributed by atoms with Gasteiger partial charge in [0.1, 0.15) is 5.82 Å². The molecular weight excluding hydrogens is 194 g/mol. The van der Waals surface area contributed by atoms with E-state index in [1.165, 1.54) is 0 Å². The summed E-state index contributed by atoms with van der Waals surface area (Å²) in [5, 5.41) is 17.9. The Morgan fingerprint density at radius 3 is 3.07 bits per heavy atom. The lowest BCUT2D eigenvalue weighted by Crippen LogP contribution is -2.12. The van der Waals surface area contributed by atoms with Gasteiger partial charge in [-0.3, -0.25) is 9.89 Å². The Hall–Kier alpha value is -1.36. The Bertz CT molecular complexity index is 309. The predicted molar refractivity (Wildman–Crippen MR) is 57.5 cm³/mol. The number of anilines is 1. The Balaban J connectivity index is 2.37. The molecule has 0 saturated heterocycles. The Morgan fingerprint density at radius 1 is 1.60 bits per heavy atom. The topological polar surface area (TPSA) is 78.0 Å². The van der Waals surface area contributed by atoms with Crippen molar-refractivity contribution in [1.82, 2.24) is 10.2 Å². The summed E-state index contributed by atoms with van der Waals surface area (Å²) in [6.07, 6.45) is 4.35. The molecule has 1 aromatic heterocycles. The van der Waals surface area contributed by atoms with Crippen LogP contribution in [-0.4, -0.2) is 27.8 Å². The molecule has 3 N–H and O–H groups in total. The smallest absolute Gasteiger partial charge is 0.225 e. The zero-order chi connectivity index (χ0) is 11.1. The second kappa shape index (κ2) is 6.19. The lowest BCUT2D eigenvalue weighted by molar-refractivity contribution is -0.116. The Kier molecular flexibility index (Phi) is 4.83. The Labute approximate surface area is 88.9 Å². The van der Waals surface area contributed by atoms with E-state index in [0.29, 0.717) is 25.1 Å². The largest absolute Gasteiger partial charge is 0.396 e. The summed E-state index contributed by atoms with van der Waals surface area (Å²) in [5.74, 6) is 0.647. The fraction of sp³-hybridized carbons (Fsp3) is 0.600. The van der Waals surface area contributed by atoms with E-state index in [0.717, 1.165) is 12.0 Å². The summed E-state index contributed by atoms with van der Waals surface area (Å²) in [7, 11) is 0. The molecular formula is C10H17N3O2. The van der Waals surface area contributed by atoms with Gasteiger partial charge < -0.3 is 10.4 Å². The molecule has 15 heavy (non-hydrogen) atoms. The van der Waals surface area contributed by atoms with E-state index in [4.69, 9.17) is 5.11 Å². The molecule has 0 unspecified atom stereocenters. The van der Waals surface area contributed by atoms with Gasteiger partial charge in [0.25, 0.3) is 0 Å². The van der Waals surface area contributed by atoms with E-state index in [2.05, 4.69) is 15.5 Å². The van der Waals surface area contributed by atoms with Crippen LogP contribution >= 0.6 is 0 Å². The minimum atomic E-state index is -0.0394. The third-order valence-corrected chi connectivity index (χ3v) is 2.18. The molecule has 1 aromatic rings. The maximum absolute atomic E-state index is 11.4. The fourth-order valence-corrected chi connectivity index (χ4v) is 1.29. The summed E-state index contributed by atoms with van der Waals surface area (Å²) in [4.78, 5) is 11.4. The van der Waals surface area contributed by atoms with Crippen LogP contribution in [0.1, 0.15) is 31.7 Å². The minimum Gasteiger partial charge on any atom is -0.396 e. The number of amides is 1. The zero-order valence-corrected chi connectivity index (χ0v) is 8.92. The van der Waals surface area contributed by atoms with Gasteiger partial charge in [-0.15, -0.1) is 0 Å². The number of unbranched alkanes of at least 4 members (excludes halogenated alkanes) is 1. The van der Waals surface area contributed by atoms with E-state index in [1.54, 1.807) is 6.20 Å². The molecule has 0 bridgehead atoms. The third-order valence-electron chi connectivity index (χ3n) is 2.18. The molecule has 0 aromatic carbocycles. The first-order valence-corrected chi connectivity index (χ1v) is 5.21. The highest BCUT2D eigenvalue weighted by Crippen LogP contribution is 2.11. The number of aryl methyl sites for hydroxylation is 1. The molecule has 5 nitrogen and oxygen atoms in total. The summed E-state index contributed by atoms with van der Waals surface area (Å²) < 4.78 is 0. The van der Waals surface area contributed by atoms with E-state index < -0.39 is 0 Å². The lowest BCUT2D eigenvalue weighted by atomic mass is 10.2. The number of nitrogens with zero attached hydrogens (tertiary/aromatic N) is 1. The highest BCUT2D eigenvalue weighted by Gasteiger charge is 2.06. The highest BCUT2D eigenvalue weighted by molar-refractivity contribution is 5.90. The molecule has 84 valence electrons. The molecule has 0 aliphatic heterocycles. The van der Waals surface area contributed by atoms with E-state index in [-0.39, 0.29) is 12.5 Å². The van der Waals surface area contributed by atoms with Crippen LogP contribution in [0.3, 0.4) is 0 Å². The number of rotatable bonds is 6. The summed E-state index contributed by atoms with van der Waals surface area (Å²) in [5.41, 5.74) is 1.01. The molecule has 0 spiro atoms. The SMILES string of the molecule is CCc1cn[nH]c1NC(=O)CCCCO. The first-order valence-electron chi connectivity index (χ1n) is 5.21.